The van der Waals surface area contributed by atoms with Gasteiger partial charge in [0.25, 0.3) is 5.91 Å². The Labute approximate surface area is 205 Å². The Morgan fingerprint density at radius 2 is 1.88 bits per heavy atom. The van der Waals surface area contributed by atoms with Crippen molar-refractivity contribution in [1.82, 2.24) is 15.1 Å². The van der Waals surface area contributed by atoms with Crippen LogP contribution in [0.1, 0.15) is 41.1 Å². The van der Waals surface area contributed by atoms with Gasteiger partial charge in [-0.1, -0.05) is 29.8 Å². The van der Waals surface area contributed by atoms with Gasteiger partial charge in [0.2, 0.25) is 5.91 Å². The average molecular weight is 488 g/mol. The lowest BCUT2D eigenvalue weighted by Crippen LogP contribution is -2.44. The number of para-hydroxylation sites is 1. The summed E-state index contributed by atoms with van der Waals surface area (Å²) in [6.07, 6.45) is 3.16. The minimum Gasteiger partial charge on any atom is -0.496 e. The maximum atomic E-state index is 12.7. The van der Waals surface area contributed by atoms with Gasteiger partial charge < -0.3 is 15.0 Å². The van der Waals surface area contributed by atoms with E-state index >= 15 is 0 Å². The number of benzene rings is 2. The van der Waals surface area contributed by atoms with Crippen LogP contribution in [0.15, 0.2) is 47.4 Å². The van der Waals surface area contributed by atoms with Crippen LogP contribution in [0.3, 0.4) is 0 Å². The summed E-state index contributed by atoms with van der Waals surface area (Å²) in [5, 5.41) is 3.21. The van der Waals surface area contributed by atoms with Crippen LogP contribution in [0, 0.1) is 0 Å². The SMILES string of the molecule is COc1ccccc1C1CCN(C2CCN(C(=O)CNC(=O)c3ccc(Cl)c(S)c3)C2)CC1. The van der Waals surface area contributed by atoms with Gasteiger partial charge in [0.1, 0.15) is 5.75 Å². The fraction of sp³-hybridized carbons (Fsp3) is 0.440. The number of amides is 2. The first kappa shape index (κ1) is 23.9. The van der Waals surface area contributed by atoms with Crippen molar-refractivity contribution < 1.29 is 14.3 Å². The molecule has 33 heavy (non-hydrogen) atoms. The van der Waals surface area contributed by atoms with Crippen LogP contribution in [0.4, 0.5) is 0 Å². The molecule has 2 aliphatic rings. The van der Waals surface area contributed by atoms with Crippen LogP contribution in [0.2, 0.25) is 5.02 Å². The number of carbonyl (C=O) groups is 2. The molecule has 2 aromatic carbocycles. The van der Waals surface area contributed by atoms with Gasteiger partial charge >= 0.3 is 0 Å². The number of piperidine rings is 1. The zero-order chi connectivity index (χ0) is 23.4. The summed E-state index contributed by atoms with van der Waals surface area (Å²) in [6.45, 7) is 3.48. The highest BCUT2D eigenvalue weighted by Gasteiger charge is 2.33. The van der Waals surface area contributed by atoms with E-state index < -0.39 is 0 Å². The van der Waals surface area contributed by atoms with Crippen LogP contribution >= 0.6 is 24.2 Å². The van der Waals surface area contributed by atoms with E-state index in [1.165, 1.54) is 5.56 Å². The fourth-order valence-corrected chi connectivity index (χ4v) is 5.20. The standard InChI is InChI=1S/C25H30ClN3O3S/c1-32-22-5-3-2-4-20(22)17-8-11-28(12-9-17)19-10-13-29(16-19)24(30)15-27-25(31)18-6-7-21(26)23(33)14-18/h2-7,14,17,19,33H,8-13,15-16H2,1H3,(H,27,31). The normalized spacial score (nSPS) is 19.5. The first-order valence-corrected chi connectivity index (χ1v) is 12.2. The molecule has 2 fully saturated rings. The van der Waals surface area contributed by atoms with Gasteiger partial charge in [-0.25, -0.2) is 0 Å². The third-order valence-corrected chi connectivity index (χ3v) is 7.58. The smallest absolute Gasteiger partial charge is 0.251 e. The number of rotatable bonds is 6. The van der Waals surface area contributed by atoms with Crippen molar-refractivity contribution in [2.24, 2.45) is 0 Å². The van der Waals surface area contributed by atoms with Crippen molar-refractivity contribution >= 4 is 36.0 Å². The number of carbonyl (C=O) groups excluding carboxylic acids is 2. The lowest BCUT2D eigenvalue weighted by molar-refractivity contribution is -0.129. The number of halogens is 1. The van der Waals surface area contributed by atoms with E-state index in [9.17, 15) is 9.59 Å². The average Bonchev–Trinajstić information content (AvgIpc) is 3.34. The Morgan fingerprint density at radius 3 is 2.61 bits per heavy atom. The number of nitrogens with one attached hydrogen (secondary N) is 1. The molecule has 0 saturated carbocycles. The number of hydrogen-bond acceptors (Lipinski definition) is 5. The van der Waals surface area contributed by atoms with E-state index in [4.69, 9.17) is 16.3 Å². The van der Waals surface area contributed by atoms with E-state index in [0.717, 1.165) is 51.2 Å². The van der Waals surface area contributed by atoms with Crippen LogP contribution in [-0.2, 0) is 4.79 Å². The molecule has 2 amide bonds. The lowest BCUT2D eigenvalue weighted by Gasteiger charge is -2.36. The number of ether oxygens (including phenoxy) is 1. The molecule has 0 radical (unpaired) electrons. The van der Waals surface area contributed by atoms with Crippen LogP contribution in [0.25, 0.3) is 0 Å². The van der Waals surface area contributed by atoms with Crippen molar-refractivity contribution in [2.45, 2.75) is 36.1 Å². The molecule has 1 atom stereocenters. The Hall–Kier alpha value is -2.22. The summed E-state index contributed by atoms with van der Waals surface area (Å²) < 4.78 is 5.55. The van der Waals surface area contributed by atoms with Crippen molar-refractivity contribution in [1.29, 1.82) is 0 Å². The minimum atomic E-state index is -0.301. The first-order chi connectivity index (χ1) is 16.0. The maximum absolute atomic E-state index is 12.7. The maximum Gasteiger partial charge on any atom is 0.251 e. The molecule has 0 bridgehead atoms. The lowest BCUT2D eigenvalue weighted by atomic mass is 9.88. The molecule has 176 valence electrons. The Kier molecular flexibility index (Phi) is 7.83. The molecule has 0 spiro atoms. The second-order valence-corrected chi connectivity index (χ2v) is 9.57. The van der Waals surface area contributed by atoms with Gasteiger partial charge in [-0.3, -0.25) is 14.5 Å². The van der Waals surface area contributed by atoms with E-state index in [-0.39, 0.29) is 18.4 Å². The molecular formula is C25H30ClN3O3S. The predicted octanol–water partition coefficient (Wildman–Crippen LogP) is 3.85. The molecule has 6 nitrogen and oxygen atoms in total. The van der Waals surface area contributed by atoms with Crippen LogP contribution in [0.5, 0.6) is 5.75 Å². The summed E-state index contributed by atoms with van der Waals surface area (Å²) in [7, 11) is 1.73. The Bertz CT molecular complexity index is 1010. The number of hydrogen-bond donors (Lipinski definition) is 2. The first-order valence-electron chi connectivity index (χ1n) is 11.4. The van der Waals surface area contributed by atoms with Crippen LogP contribution in [-0.4, -0.2) is 67.5 Å². The van der Waals surface area contributed by atoms with Gasteiger partial charge in [-0.2, -0.15) is 0 Å². The third-order valence-electron chi connectivity index (χ3n) is 6.75. The Balaban J connectivity index is 1.24. The summed E-state index contributed by atoms with van der Waals surface area (Å²) in [5.74, 6) is 1.14. The molecule has 0 aromatic heterocycles. The van der Waals surface area contributed by atoms with Gasteiger partial charge in [0.15, 0.2) is 0 Å². The van der Waals surface area contributed by atoms with Gasteiger partial charge in [0.05, 0.1) is 18.7 Å². The van der Waals surface area contributed by atoms with Gasteiger partial charge in [-0.05, 0) is 68.1 Å². The predicted molar refractivity (Wildman–Crippen MR) is 133 cm³/mol. The number of methoxy groups -OCH3 is 1. The monoisotopic (exact) mass is 487 g/mol. The van der Waals surface area contributed by atoms with E-state index in [1.54, 1.807) is 25.3 Å². The van der Waals surface area contributed by atoms with E-state index in [1.807, 2.05) is 17.0 Å². The van der Waals surface area contributed by atoms with Crippen molar-refractivity contribution in [2.75, 3.05) is 39.8 Å². The summed E-state index contributed by atoms with van der Waals surface area (Å²) in [6, 6.07) is 13.5. The molecule has 2 heterocycles. The molecule has 2 aromatic rings. The second-order valence-electron chi connectivity index (χ2n) is 8.68. The molecular weight excluding hydrogens is 458 g/mol. The quantitative estimate of drug-likeness (QED) is 0.608. The summed E-state index contributed by atoms with van der Waals surface area (Å²) >= 11 is 10.2. The molecule has 2 saturated heterocycles. The van der Waals surface area contributed by atoms with Crippen molar-refractivity contribution in [3.05, 3.63) is 58.6 Å². The zero-order valence-corrected chi connectivity index (χ0v) is 20.4. The van der Waals surface area contributed by atoms with Crippen LogP contribution < -0.4 is 10.1 Å². The highest BCUT2D eigenvalue weighted by molar-refractivity contribution is 7.80. The zero-order valence-electron chi connectivity index (χ0n) is 18.8. The summed E-state index contributed by atoms with van der Waals surface area (Å²) in [5.41, 5.74) is 1.73. The summed E-state index contributed by atoms with van der Waals surface area (Å²) in [4.78, 5) is 29.9. The molecule has 0 aliphatic carbocycles. The molecule has 8 heteroatoms. The highest BCUT2D eigenvalue weighted by Crippen LogP contribution is 2.35. The largest absolute Gasteiger partial charge is 0.496 e. The van der Waals surface area contributed by atoms with Gasteiger partial charge in [-0.15, -0.1) is 12.6 Å². The fourth-order valence-electron chi connectivity index (χ4n) is 4.87. The second kappa shape index (κ2) is 10.8. The van der Waals surface area contributed by atoms with E-state index in [0.29, 0.717) is 27.4 Å². The third kappa shape index (κ3) is 5.65. The van der Waals surface area contributed by atoms with Gasteiger partial charge in [0, 0.05) is 29.6 Å². The molecule has 1 unspecified atom stereocenters. The minimum absolute atomic E-state index is 0.00798. The Morgan fingerprint density at radius 1 is 1.12 bits per heavy atom. The van der Waals surface area contributed by atoms with Crippen molar-refractivity contribution in [3.63, 3.8) is 0 Å². The molecule has 1 N–H and O–H groups in total. The number of likely N-dealkylation sites (tertiary alicyclic amines) is 2. The highest BCUT2D eigenvalue weighted by atomic mass is 35.5. The number of thiol groups is 1. The topological polar surface area (TPSA) is 61.9 Å². The van der Waals surface area contributed by atoms with E-state index in [2.05, 4.69) is 35.0 Å². The van der Waals surface area contributed by atoms with Crippen molar-refractivity contribution in [3.8, 4) is 5.75 Å². The molecule has 2 aliphatic heterocycles. The molecule has 4 rings (SSSR count). The number of nitrogens with zero attached hydrogens (tertiary/aromatic N) is 2.